The monoisotopic (exact) mass is 423 g/mol. The fourth-order valence-corrected chi connectivity index (χ4v) is 7.39. The van der Waals surface area contributed by atoms with Gasteiger partial charge in [-0.1, -0.05) is 48.5 Å². The van der Waals surface area contributed by atoms with Gasteiger partial charge in [0.05, 0.1) is 12.0 Å². The highest BCUT2D eigenvalue weighted by atomic mass is 32.2. The van der Waals surface area contributed by atoms with E-state index in [9.17, 15) is 14.7 Å². The van der Waals surface area contributed by atoms with Gasteiger partial charge >= 0.3 is 12.1 Å². The molecule has 2 fully saturated rings. The lowest BCUT2D eigenvalue weighted by Gasteiger charge is -2.39. The summed E-state index contributed by atoms with van der Waals surface area (Å²) in [6, 6.07) is 16.4. The van der Waals surface area contributed by atoms with E-state index in [2.05, 4.69) is 29.6 Å². The lowest BCUT2D eigenvalue weighted by atomic mass is 9.86. The number of carboxylic acids is 1. The molecule has 2 saturated heterocycles. The predicted molar refractivity (Wildman–Crippen MR) is 117 cm³/mol. The van der Waals surface area contributed by atoms with Crippen LogP contribution in [0.2, 0.25) is 0 Å². The number of benzene rings is 2. The van der Waals surface area contributed by atoms with Crippen LogP contribution in [0.25, 0.3) is 11.1 Å². The van der Waals surface area contributed by atoms with E-state index in [1.54, 1.807) is 0 Å². The van der Waals surface area contributed by atoms with Crippen molar-refractivity contribution in [1.82, 2.24) is 5.32 Å². The number of thioether (sulfide) groups is 1. The quantitative estimate of drug-likeness (QED) is 0.723. The molecule has 2 aromatic rings. The Balaban J connectivity index is 1.31. The Labute approximate surface area is 180 Å². The largest absolute Gasteiger partial charge is 0.481 e. The van der Waals surface area contributed by atoms with Crippen LogP contribution in [0, 0.1) is 0 Å². The summed E-state index contributed by atoms with van der Waals surface area (Å²) < 4.78 is 5.69. The van der Waals surface area contributed by atoms with Gasteiger partial charge in [0.2, 0.25) is 0 Å². The van der Waals surface area contributed by atoms with E-state index in [1.807, 2.05) is 36.0 Å². The summed E-state index contributed by atoms with van der Waals surface area (Å²) in [6.45, 7) is 0.241. The summed E-state index contributed by atoms with van der Waals surface area (Å²) in [4.78, 5) is 24.3. The molecule has 6 heteroatoms. The molecule has 3 aliphatic rings. The Morgan fingerprint density at radius 1 is 1.00 bits per heavy atom. The molecule has 2 N–H and O–H groups in total. The van der Waals surface area contributed by atoms with E-state index in [-0.39, 0.29) is 18.9 Å². The molecule has 1 aliphatic carbocycles. The summed E-state index contributed by atoms with van der Waals surface area (Å²) in [5, 5.41) is 13.3. The molecule has 0 radical (unpaired) electrons. The fraction of sp³-hybridized carbons (Fsp3) is 0.417. The van der Waals surface area contributed by atoms with Gasteiger partial charge in [-0.05, 0) is 47.9 Å². The van der Waals surface area contributed by atoms with Crippen LogP contribution in [0.15, 0.2) is 48.5 Å². The van der Waals surface area contributed by atoms with Gasteiger partial charge in [-0.2, -0.15) is 11.8 Å². The molecule has 0 spiro atoms. The van der Waals surface area contributed by atoms with E-state index in [0.717, 1.165) is 12.8 Å². The predicted octanol–water partition coefficient (Wildman–Crippen LogP) is 4.80. The minimum atomic E-state index is -0.875. The Bertz CT molecular complexity index is 933. The van der Waals surface area contributed by atoms with Crippen LogP contribution in [0.4, 0.5) is 4.79 Å². The number of carbonyl (C=O) groups is 2. The standard InChI is InChI=1S/C24H25NO4S/c26-22(27)13-24(11-15-9-10-16(12-24)30-15)25-23(28)29-14-21-19-7-3-1-5-17(19)18-6-2-4-8-20(18)21/h1-8,15-16,21H,9-14H2,(H,25,28)(H,26,27). The minimum Gasteiger partial charge on any atom is -0.481 e. The molecule has 156 valence electrons. The average molecular weight is 424 g/mol. The van der Waals surface area contributed by atoms with Gasteiger partial charge in [0.1, 0.15) is 6.61 Å². The van der Waals surface area contributed by atoms with Crippen LogP contribution in [0.1, 0.15) is 49.1 Å². The number of carboxylic acid groups (broad SMARTS) is 1. The van der Waals surface area contributed by atoms with Gasteiger partial charge in [-0.15, -0.1) is 0 Å². The minimum absolute atomic E-state index is 0.00309. The molecule has 2 unspecified atom stereocenters. The van der Waals surface area contributed by atoms with Gasteiger partial charge in [-0.25, -0.2) is 4.79 Å². The van der Waals surface area contributed by atoms with Crippen LogP contribution >= 0.6 is 11.8 Å². The van der Waals surface area contributed by atoms with Crippen molar-refractivity contribution >= 4 is 23.8 Å². The maximum atomic E-state index is 12.8. The number of hydrogen-bond donors (Lipinski definition) is 2. The lowest BCUT2D eigenvalue weighted by Crippen LogP contribution is -2.54. The third-order valence-electron chi connectivity index (χ3n) is 6.63. The first-order valence-corrected chi connectivity index (χ1v) is 11.5. The summed E-state index contributed by atoms with van der Waals surface area (Å²) >= 11 is 1.94. The summed E-state index contributed by atoms with van der Waals surface area (Å²) in [5.74, 6) is -0.878. The van der Waals surface area contributed by atoms with Gasteiger partial charge in [0, 0.05) is 16.4 Å². The van der Waals surface area contributed by atoms with E-state index >= 15 is 0 Å². The van der Waals surface area contributed by atoms with Gasteiger partial charge in [0.15, 0.2) is 0 Å². The number of rotatable bonds is 5. The molecular weight excluding hydrogens is 398 g/mol. The van der Waals surface area contributed by atoms with Crippen molar-refractivity contribution in [2.45, 2.75) is 54.1 Å². The first kappa shape index (κ1) is 19.5. The lowest BCUT2D eigenvalue weighted by molar-refractivity contribution is -0.138. The molecule has 5 rings (SSSR count). The van der Waals surface area contributed by atoms with E-state index < -0.39 is 17.6 Å². The van der Waals surface area contributed by atoms with E-state index in [0.29, 0.717) is 23.3 Å². The highest BCUT2D eigenvalue weighted by molar-refractivity contribution is 8.00. The molecule has 1 amide bonds. The molecule has 2 heterocycles. The van der Waals surface area contributed by atoms with E-state index in [4.69, 9.17) is 4.74 Å². The number of amides is 1. The SMILES string of the molecule is O=C(O)CC1(NC(=O)OCC2c3ccccc3-c3ccccc32)CC2CCC(C1)S2. The van der Waals surface area contributed by atoms with Crippen molar-refractivity contribution in [1.29, 1.82) is 0 Å². The van der Waals surface area contributed by atoms with Crippen LogP contribution < -0.4 is 5.32 Å². The van der Waals surface area contributed by atoms with Gasteiger partial charge < -0.3 is 15.2 Å². The molecule has 2 atom stereocenters. The van der Waals surface area contributed by atoms with Crippen molar-refractivity contribution in [2.24, 2.45) is 0 Å². The maximum Gasteiger partial charge on any atom is 0.407 e. The topological polar surface area (TPSA) is 75.6 Å². The number of fused-ring (bicyclic) bond motifs is 5. The van der Waals surface area contributed by atoms with Crippen LogP contribution in [0.3, 0.4) is 0 Å². The maximum absolute atomic E-state index is 12.8. The summed E-state index contributed by atoms with van der Waals surface area (Å²) in [6.07, 6.45) is 3.04. The number of hydrogen-bond acceptors (Lipinski definition) is 4. The van der Waals surface area contributed by atoms with Crippen molar-refractivity contribution in [3.05, 3.63) is 59.7 Å². The average Bonchev–Trinajstić information content (AvgIpc) is 3.23. The van der Waals surface area contributed by atoms with Crippen LogP contribution in [-0.2, 0) is 9.53 Å². The van der Waals surface area contributed by atoms with Crippen molar-refractivity contribution < 1.29 is 19.4 Å². The summed E-state index contributed by atoms with van der Waals surface area (Å²) in [7, 11) is 0. The molecule has 2 aliphatic heterocycles. The first-order chi connectivity index (χ1) is 14.5. The smallest absolute Gasteiger partial charge is 0.407 e. The van der Waals surface area contributed by atoms with Crippen LogP contribution in [0.5, 0.6) is 0 Å². The number of ether oxygens (including phenoxy) is 1. The third kappa shape index (κ3) is 3.58. The molecule has 2 bridgehead atoms. The van der Waals surface area contributed by atoms with Gasteiger partial charge in [0.25, 0.3) is 0 Å². The molecule has 2 aromatic carbocycles. The second-order valence-corrected chi connectivity index (χ2v) is 10.3. The first-order valence-electron chi connectivity index (χ1n) is 10.5. The molecule has 30 heavy (non-hydrogen) atoms. The Kier molecular flexibility index (Phi) is 4.97. The normalized spacial score (nSPS) is 26.7. The summed E-state index contributed by atoms with van der Waals surface area (Å²) in [5.41, 5.74) is 4.00. The number of alkyl carbamates (subject to hydrolysis) is 1. The van der Waals surface area contributed by atoms with Crippen molar-refractivity contribution in [2.75, 3.05) is 6.61 Å². The second-order valence-electron chi connectivity index (χ2n) is 8.67. The Morgan fingerprint density at radius 3 is 2.13 bits per heavy atom. The highest BCUT2D eigenvalue weighted by Crippen LogP contribution is 2.49. The Hall–Kier alpha value is -2.47. The molecule has 0 aromatic heterocycles. The molecule has 5 nitrogen and oxygen atoms in total. The zero-order valence-electron chi connectivity index (χ0n) is 16.7. The second kappa shape index (κ2) is 7.65. The molecule has 0 saturated carbocycles. The van der Waals surface area contributed by atoms with Crippen LogP contribution in [-0.4, -0.2) is 39.8 Å². The fourth-order valence-electron chi connectivity index (χ4n) is 5.47. The number of carbonyl (C=O) groups excluding carboxylic acids is 1. The van der Waals surface area contributed by atoms with Crippen molar-refractivity contribution in [3.8, 4) is 11.1 Å². The molecular formula is C24H25NO4S. The number of nitrogens with one attached hydrogen (secondary N) is 1. The van der Waals surface area contributed by atoms with Crippen molar-refractivity contribution in [3.63, 3.8) is 0 Å². The third-order valence-corrected chi connectivity index (χ3v) is 8.21. The zero-order chi connectivity index (χ0) is 20.7. The number of aliphatic carboxylic acids is 1. The Morgan fingerprint density at radius 2 is 1.57 bits per heavy atom. The van der Waals surface area contributed by atoms with E-state index in [1.165, 1.54) is 22.3 Å². The highest BCUT2D eigenvalue weighted by Gasteiger charge is 2.47. The zero-order valence-corrected chi connectivity index (χ0v) is 17.5. The van der Waals surface area contributed by atoms with Gasteiger partial charge in [-0.3, -0.25) is 4.79 Å².